The normalized spacial score (nSPS) is 12.2. The van der Waals surface area contributed by atoms with E-state index >= 15 is 0 Å². The van der Waals surface area contributed by atoms with Crippen LogP contribution in [-0.4, -0.2) is 83.7 Å². The van der Waals surface area contributed by atoms with Crippen LogP contribution in [0.5, 0.6) is 0 Å². The average Bonchev–Trinajstić information content (AvgIpc) is 2.47. The molecule has 8 nitrogen and oxygen atoms in total. The Kier molecular flexibility index (Phi) is 13.4. The van der Waals surface area contributed by atoms with E-state index in [-0.39, 0.29) is 32.8 Å². The summed E-state index contributed by atoms with van der Waals surface area (Å²) in [5, 5.41) is 38.3. The van der Waals surface area contributed by atoms with Crippen molar-refractivity contribution in [3.8, 4) is 0 Å². The van der Waals surface area contributed by atoms with Crippen molar-refractivity contribution in [3.63, 3.8) is 0 Å². The van der Waals surface area contributed by atoms with E-state index in [1.807, 2.05) is 0 Å². The monoisotopic (exact) mass is 308 g/mol. The Morgan fingerprint density at radius 1 is 0.952 bits per heavy atom. The summed E-state index contributed by atoms with van der Waals surface area (Å²) >= 11 is 0. The van der Waals surface area contributed by atoms with Gasteiger partial charge < -0.3 is 30.1 Å². The van der Waals surface area contributed by atoms with Gasteiger partial charge in [0.2, 0.25) is 0 Å². The number of amides is 1. The summed E-state index contributed by atoms with van der Waals surface area (Å²) < 4.78 is 5.26. The molecule has 0 fully saturated rings. The van der Waals surface area contributed by atoms with E-state index < -0.39 is 12.3 Å². The van der Waals surface area contributed by atoms with Gasteiger partial charge in [-0.15, -0.1) is 0 Å². The number of aliphatic hydroxyl groups excluding tert-OH is 4. The van der Waals surface area contributed by atoms with E-state index in [4.69, 9.17) is 25.2 Å². The number of hydrogen-bond acceptors (Lipinski definition) is 7. The molecule has 0 spiro atoms. The summed E-state index contributed by atoms with van der Waals surface area (Å²) in [6.07, 6.45) is 0.474. The van der Waals surface area contributed by atoms with Crippen molar-refractivity contribution >= 4 is 6.09 Å². The second-order valence-electron chi connectivity index (χ2n) is 4.56. The van der Waals surface area contributed by atoms with Gasteiger partial charge in [0.15, 0.2) is 6.23 Å². The minimum absolute atomic E-state index is 0.0300. The third-order valence-corrected chi connectivity index (χ3v) is 2.77. The van der Waals surface area contributed by atoms with Crippen LogP contribution in [0.1, 0.15) is 25.7 Å². The van der Waals surface area contributed by atoms with Crippen molar-refractivity contribution in [1.82, 2.24) is 10.2 Å². The highest BCUT2D eigenvalue weighted by molar-refractivity contribution is 5.67. The first-order chi connectivity index (χ1) is 10.2. The van der Waals surface area contributed by atoms with Gasteiger partial charge in [-0.1, -0.05) is 0 Å². The first-order valence-electron chi connectivity index (χ1n) is 7.32. The summed E-state index contributed by atoms with van der Waals surface area (Å²) in [4.78, 5) is 13.5. The first-order valence-corrected chi connectivity index (χ1v) is 7.32. The van der Waals surface area contributed by atoms with Gasteiger partial charge in [-0.05, 0) is 19.3 Å². The molecule has 0 saturated heterocycles. The van der Waals surface area contributed by atoms with E-state index in [0.29, 0.717) is 38.9 Å². The smallest absolute Gasteiger partial charge is 0.411 e. The second kappa shape index (κ2) is 14.0. The average molecular weight is 308 g/mol. The SMILES string of the molecule is O=C(OC(CCO)NCCCO)N(CCCO)CCCO. The summed E-state index contributed by atoms with van der Waals surface area (Å²) in [5.74, 6) is 0. The van der Waals surface area contributed by atoms with E-state index in [0.717, 1.165) is 0 Å². The lowest BCUT2D eigenvalue weighted by Crippen LogP contribution is -2.42. The highest BCUT2D eigenvalue weighted by atomic mass is 16.6. The minimum Gasteiger partial charge on any atom is -0.430 e. The third-order valence-electron chi connectivity index (χ3n) is 2.77. The molecule has 0 heterocycles. The molecule has 5 N–H and O–H groups in total. The Bertz CT molecular complexity index is 247. The van der Waals surface area contributed by atoms with Gasteiger partial charge in [-0.2, -0.15) is 0 Å². The van der Waals surface area contributed by atoms with Gasteiger partial charge in [0.05, 0.1) is 0 Å². The van der Waals surface area contributed by atoms with Crippen LogP contribution in [-0.2, 0) is 4.74 Å². The number of rotatable bonds is 13. The van der Waals surface area contributed by atoms with Gasteiger partial charge >= 0.3 is 6.09 Å². The zero-order chi connectivity index (χ0) is 15.9. The van der Waals surface area contributed by atoms with Crippen molar-refractivity contribution in [3.05, 3.63) is 0 Å². The molecule has 8 heteroatoms. The number of carbonyl (C=O) groups excluding carboxylic acids is 1. The fourth-order valence-corrected chi connectivity index (χ4v) is 1.68. The number of hydrogen-bond donors (Lipinski definition) is 5. The van der Waals surface area contributed by atoms with Gasteiger partial charge in [0.1, 0.15) is 0 Å². The molecule has 0 aliphatic carbocycles. The van der Waals surface area contributed by atoms with Crippen molar-refractivity contribution in [1.29, 1.82) is 0 Å². The third kappa shape index (κ3) is 10.4. The summed E-state index contributed by atoms with van der Waals surface area (Å²) in [5.41, 5.74) is 0. The van der Waals surface area contributed by atoms with E-state index in [2.05, 4.69) is 5.32 Å². The summed E-state index contributed by atoms with van der Waals surface area (Å²) in [6.45, 7) is 1.01. The largest absolute Gasteiger partial charge is 0.430 e. The Balaban J connectivity index is 4.34. The molecule has 0 aromatic heterocycles. The second-order valence-corrected chi connectivity index (χ2v) is 4.56. The standard InChI is InChI=1S/C13H28N2O6/c16-8-1-5-14-12(4-11-19)21-13(20)15(6-2-9-17)7-3-10-18/h12,14,16-19H,1-11H2. The van der Waals surface area contributed by atoms with E-state index in [1.54, 1.807) is 0 Å². The van der Waals surface area contributed by atoms with Gasteiger partial charge in [0, 0.05) is 52.5 Å². The molecule has 21 heavy (non-hydrogen) atoms. The number of aliphatic hydroxyl groups is 4. The van der Waals surface area contributed by atoms with Crippen LogP contribution < -0.4 is 5.32 Å². The van der Waals surface area contributed by atoms with Crippen LogP contribution in [0.2, 0.25) is 0 Å². The molecule has 1 atom stereocenters. The van der Waals surface area contributed by atoms with Crippen LogP contribution in [0.15, 0.2) is 0 Å². The predicted molar refractivity (Wildman–Crippen MR) is 76.7 cm³/mol. The predicted octanol–water partition coefficient (Wildman–Crippen LogP) is -1.13. The maximum atomic E-state index is 12.0. The van der Waals surface area contributed by atoms with E-state index in [1.165, 1.54) is 4.90 Å². The lowest BCUT2D eigenvalue weighted by molar-refractivity contribution is 0.0321. The van der Waals surface area contributed by atoms with Crippen LogP contribution in [0.25, 0.3) is 0 Å². The fourth-order valence-electron chi connectivity index (χ4n) is 1.68. The molecule has 0 radical (unpaired) electrons. The van der Waals surface area contributed by atoms with E-state index in [9.17, 15) is 4.79 Å². The first kappa shape index (κ1) is 20.1. The Morgan fingerprint density at radius 2 is 1.52 bits per heavy atom. The quantitative estimate of drug-likeness (QED) is 0.215. The van der Waals surface area contributed by atoms with Crippen LogP contribution in [0.4, 0.5) is 4.79 Å². The van der Waals surface area contributed by atoms with Crippen molar-refractivity contribution in [2.45, 2.75) is 31.9 Å². The molecule has 1 amide bonds. The van der Waals surface area contributed by atoms with Gasteiger partial charge in [-0.3, -0.25) is 5.32 Å². The number of nitrogens with zero attached hydrogens (tertiary/aromatic N) is 1. The molecule has 0 aromatic carbocycles. The van der Waals surface area contributed by atoms with Gasteiger partial charge in [0.25, 0.3) is 0 Å². The number of carbonyl (C=O) groups is 1. The molecular formula is C13H28N2O6. The van der Waals surface area contributed by atoms with Crippen molar-refractivity contribution < 1.29 is 30.0 Å². The molecule has 0 bridgehead atoms. The lowest BCUT2D eigenvalue weighted by atomic mass is 10.3. The van der Waals surface area contributed by atoms with Crippen LogP contribution in [0.3, 0.4) is 0 Å². The molecule has 0 saturated carbocycles. The molecular weight excluding hydrogens is 280 g/mol. The maximum absolute atomic E-state index is 12.0. The van der Waals surface area contributed by atoms with Crippen LogP contribution >= 0.6 is 0 Å². The molecule has 126 valence electrons. The highest BCUT2D eigenvalue weighted by Gasteiger charge is 2.19. The topological polar surface area (TPSA) is 122 Å². The molecule has 0 aliphatic heterocycles. The van der Waals surface area contributed by atoms with Gasteiger partial charge in [-0.25, -0.2) is 4.79 Å². The maximum Gasteiger partial charge on any atom is 0.411 e. The molecule has 0 aliphatic rings. The number of nitrogens with one attached hydrogen (secondary N) is 1. The molecule has 0 rings (SSSR count). The highest BCUT2D eigenvalue weighted by Crippen LogP contribution is 2.03. The van der Waals surface area contributed by atoms with Crippen molar-refractivity contribution in [2.24, 2.45) is 0 Å². The summed E-state index contributed by atoms with van der Waals surface area (Å²) in [6, 6.07) is 0. The fraction of sp³-hybridized carbons (Fsp3) is 0.923. The Labute approximate surface area is 125 Å². The van der Waals surface area contributed by atoms with Crippen LogP contribution in [0, 0.1) is 0 Å². The Hall–Kier alpha value is -0.930. The molecule has 1 unspecified atom stereocenters. The lowest BCUT2D eigenvalue weighted by Gasteiger charge is -2.25. The number of ether oxygens (including phenoxy) is 1. The minimum atomic E-state index is -0.625. The summed E-state index contributed by atoms with van der Waals surface area (Å²) in [7, 11) is 0. The molecule has 0 aromatic rings. The zero-order valence-electron chi connectivity index (χ0n) is 12.4. The Morgan fingerprint density at radius 3 is 2.00 bits per heavy atom. The zero-order valence-corrected chi connectivity index (χ0v) is 12.4. The van der Waals surface area contributed by atoms with Crippen molar-refractivity contribution in [2.75, 3.05) is 46.1 Å².